The van der Waals surface area contributed by atoms with Gasteiger partial charge in [0.15, 0.2) is 0 Å². The summed E-state index contributed by atoms with van der Waals surface area (Å²) in [6, 6.07) is 13.7. The third kappa shape index (κ3) is 3.28. The lowest BCUT2D eigenvalue weighted by Gasteiger charge is -2.33. The zero-order valence-electron chi connectivity index (χ0n) is 18.5. The number of rotatable bonds is 5. The highest BCUT2D eigenvalue weighted by Gasteiger charge is 2.49. The lowest BCUT2D eigenvalue weighted by Crippen LogP contribution is -2.39. The van der Waals surface area contributed by atoms with E-state index >= 15 is 0 Å². The molecule has 32 heavy (non-hydrogen) atoms. The predicted octanol–water partition coefficient (Wildman–Crippen LogP) is 3.38. The van der Waals surface area contributed by atoms with E-state index in [1.54, 1.807) is 13.2 Å². The van der Waals surface area contributed by atoms with Crippen molar-refractivity contribution in [3.63, 3.8) is 0 Å². The summed E-state index contributed by atoms with van der Waals surface area (Å²) in [5, 5.41) is 0. The third-order valence-corrected chi connectivity index (χ3v) is 6.94. The number of carbonyl (C=O) groups excluding carboxylic acids is 2. The van der Waals surface area contributed by atoms with Gasteiger partial charge in [-0.25, -0.2) is 9.78 Å². The number of hydrogen-bond donors (Lipinski definition) is 0. The Morgan fingerprint density at radius 2 is 1.97 bits per heavy atom. The van der Waals surface area contributed by atoms with Gasteiger partial charge < -0.3 is 14.0 Å². The Kier molecular flexibility index (Phi) is 5.21. The van der Waals surface area contributed by atoms with Gasteiger partial charge in [-0.05, 0) is 61.1 Å². The van der Waals surface area contributed by atoms with Crippen LogP contribution < -0.4 is 4.90 Å². The second-order valence-electron chi connectivity index (χ2n) is 8.68. The lowest BCUT2D eigenvalue weighted by atomic mass is 9.70. The fraction of sp³-hybridized carbons (Fsp3) is 0.400. The Morgan fingerprint density at radius 3 is 2.78 bits per heavy atom. The standard InChI is InChI=1S/C25H27N3O4/c1-31-14-13-27-21-6-4-3-5-20(21)26-24(27)28-12-11-25(23(28)30)10-9-17-15-18(22(29)32-2)7-8-19(17)16-25/h3-8,15H,9-14,16H2,1-2H3/t25-/m0/s1. The minimum Gasteiger partial charge on any atom is -0.465 e. The number of aromatic nitrogens is 2. The first-order chi connectivity index (χ1) is 15.6. The van der Waals surface area contributed by atoms with Crippen molar-refractivity contribution in [3.8, 4) is 0 Å². The first-order valence-electron chi connectivity index (χ1n) is 11.0. The van der Waals surface area contributed by atoms with Gasteiger partial charge in [-0.1, -0.05) is 18.2 Å². The molecule has 2 heterocycles. The van der Waals surface area contributed by atoms with Gasteiger partial charge in [0.05, 0.1) is 35.7 Å². The molecule has 7 heteroatoms. The first kappa shape index (κ1) is 20.7. The highest BCUT2D eigenvalue weighted by molar-refractivity contribution is 6.00. The molecule has 5 rings (SSSR count). The highest BCUT2D eigenvalue weighted by Crippen LogP contribution is 2.45. The molecule has 1 saturated heterocycles. The fourth-order valence-electron chi connectivity index (χ4n) is 5.18. The molecule has 0 radical (unpaired) electrons. The topological polar surface area (TPSA) is 73.7 Å². The molecule has 166 valence electrons. The van der Waals surface area contributed by atoms with Gasteiger partial charge in [-0.2, -0.15) is 0 Å². The van der Waals surface area contributed by atoms with Crippen molar-refractivity contribution in [1.29, 1.82) is 0 Å². The molecular formula is C25H27N3O4. The average Bonchev–Trinajstić information content (AvgIpc) is 3.34. The monoisotopic (exact) mass is 433 g/mol. The Hall–Kier alpha value is -3.19. The fourth-order valence-corrected chi connectivity index (χ4v) is 5.18. The number of anilines is 1. The van der Waals surface area contributed by atoms with Crippen molar-refractivity contribution in [3.05, 3.63) is 59.2 Å². The van der Waals surface area contributed by atoms with Crippen LogP contribution in [0.2, 0.25) is 0 Å². The maximum absolute atomic E-state index is 13.8. The second kappa shape index (κ2) is 8.06. The quantitative estimate of drug-likeness (QED) is 0.577. The Labute approximate surface area is 186 Å². The Morgan fingerprint density at radius 1 is 1.12 bits per heavy atom. The number of ether oxygens (including phenoxy) is 2. The molecule has 0 bridgehead atoms. The van der Waals surface area contributed by atoms with Crippen molar-refractivity contribution in [2.45, 2.75) is 32.2 Å². The maximum atomic E-state index is 13.8. The molecular weight excluding hydrogens is 406 g/mol. The smallest absolute Gasteiger partial charge is 0.337 e. The largest absolute Gasteiger partial charge is 0.465 e. The van der Waals surface area contributed by atoms with E-state index in [4.69, 9.17) is 14.5 Å². The zero-order chi connectivity index (χ0) is 22.3. The van der Waals surface area contributed by atoms with Gasteiger partial charge in [0.2, 0.25) is 11.9 Å². The van der Waals surface area contributed by atoms with Crippen LogP contribution in [-0.4, -0.2) is 48.8 Å². The average molecular weight is 434 g/mol. The summed E-state index contributed by atoms with van der Waals surface area (Å²) in [6.45, 7) is 1.85. The van der Waals surface area contributed by atoms with E-state index in [0.29, 0.717) is 37.6 Å². The summed E-state index contributed by atoms with van der Waals surface area (Å²) in [5.74, 6) is 0.525. The minimum atomic E-state index is -0.413. The SMILES string of the molecule is COCCn1c(N2CC[C@]3(CCc4cc(C(=O)OC)ccc4C3)C2=O)nc2ccccc21. The maximum Gasteiger partial charge on any atom is 0.337 e. The molecule has 1 atom stereocenters. The molecule has 0 unspecified atom stereocenters. The molecule has 3 aromatic rings. The molecule has 2 aromatic carbocycles. The van der Waals surface area contributed by atoms with Crippen molar-refractivity contribution in [2.24, 2.45) is 5.41 Å². The minimum absolute atomic E-state index is 0.147. The van der Waals surface area contributed by atoms with Gasteiger partial charge in [0.25, 0.3) is 0 Å². The predicted molar refractivity (Wildman–Crippen MR) is 121 cm³/mol. The summed E-state index contributed by atoms with van der Waals surface area (Å²) in [4.78, 5) is 32.4. The summed E-state index contributed by atoms with van der Waals surface area (Å²) < 4.78 is 12.2. The molecule has 1 fully saturated rings. The van der Waals surface area contributed by atoms with Crippen LogP contribution in [-0.2, 0) is 33.7 Å². The number of carbonyl (C=O) groups is 2. The molecule has 2 aliphatic rings. The first-order valence-corrected chi connectivity index (χ1v) is 11.0. The number of fused-ring (bicyclic) bond motifs is 2. The lowest BCUT2D eigenvalue weighted by molar-refractivity contribution is -0.126. The number of aryl methyl sites for hydroxylation is 1. The van der Waals surface area contributed by atoms with Gasteiger partial charge in [-0.15, -0.1) is 0 Å². The molecule has 1 spiro atoms. The van der Waals surface area contributed by atoms with Gasteiger partial charge in [0.1, 0.15) is 0 Å². The van der Waals surface area contributed by atoms with Crippen molar-refractivity contribution in [1.82, 2.24) is 9.55 Å². The van der Waals surface area contributed by atoms with Crippen molar-refractivity contribution in [2.75, 3.05) is 32.3 Å². The van der Waals surface area contributed by atoms with Crippen LogP contribution in [0.1, 0.15) is 34.3 Å². The van der Waals surface area contributed by atoms with E-state index in [-0.39, 0.29) is 11.9 Å². The van der Waals surface area contributed by atoms with Gasteiger partial charge >= 0.3 is 5.97 Å². The van der Waals surface area contributed by atoms with Crippen LogP contribution in [0.15, 0.2) is 42.5 Å². The molecule has 0 saturated carbocycles. The number of imidazole rings is 1. The number of esters is 1. The van der Waals surface area contributed by atoms with Gasteiger partial charge in [-0.3, -0.25) is 9.69 Å². The van der Waals surface area contributed by atoms with E-state index in [1.807, 2.05) is 41.3 Å². The molecule has 1 aromatic heterocycles. The van der Waals surface area contributed by atoms with Crippen LogP contribution >= 0.6 is 0 Å². The number of para-hydroxylation sites is 2. The summed E-state index contributed by atoms with van der Waals surface area (Å²) in [6.07, 6.45) is 3.05. The molecule has 1 aliphatic carbocycles. The molecule has 0 N–H and O–H groups in total. The van der Waals surface area contributed by atoms with E-state index < -0.39 is 5.41 Å². The van der Waals surface area contributed by atoms with Crippen LogP contribution in [0.5, 0.6) is 0 Å². The number of amides is 1. The van der Waals surface area contributed by atoms with Crippen LogP contribution in [0.4, 0.5) is 5.95 Å². The summed E-state index contributed by atoms with van der Waals surface area (Å²) in [5.41, 5.74) is 4.33. The van der Waals surface area contributed by atoms with E-state index in [2.05, 4.69) is 4.57 Å². The number of methoxy groups -OCH3 is 2. The number of nitrogens with zero attached hydrogens (tertiary/aromatic N) is 3. The molecule has 1 amide bonds. The van der Waals surface area contributed by atoms with Gasteiger partial charge in [0, 0.05) is 20.2 Å². The van der Waals surface area contributed by atoms with Crippen LogP contribution in [0, 0.1) is 5.41 Å². The Balaban J connectivity index is 1.45. The van der Waals surface area contributed by atoms with Crippen LogP contribution in [0.25, 0.3) is 11.0 Å². The Bertz CT molecular complexity index is 1200. The van der Waals surface area contributed by atoms with E-state index in [0.717, 1.165) is 41.4 Å². The van der Waals surface area contributed by atoms with E-state index in [1.165, 1.54) is 7.11 Å². The molecule has 1 aliphatic heterocycles. The second-order valence-corrected chi connectivity index (χ2v) is 8.68. The van der Waals surface area contributed by atoms with Crippen molar-refractivity contribution >= 4 is 28.9 Å². The molecule has 7 nitrogen and oxygen atoms in total. The van der Waals surface area contributed by atoms with Crippen LogP contribution in [0.3, 0.4) is 0 Å². The normalized spacial score (nSPS) is 20.2. The number of hydrogen-bond acceptors (Lipinski definition) is 5. The number of benzene rings is 2. The zero-order valence-corrected chi connectivity index (χ0v) is 18.5. The summed E-state index contributed by atoms with van der Waals surface area (Å²) in [7, 11) is 3.07. The highest BCUT2D eigenvalue weighted by atomic mass is 16.5. The van der Waals surface area contributed by atoms with Crippen molar-refractivity contribution < 1.29 is 19.1 Å². The summed E-state index contributed by atoms with van der Waals surface area (Å²) >= 11 is 0. The third-order valence-electron chi connectivity index (χ3n) is 6.94. The van der Waals surface area contributed by atoms with E-state index in [9.17, 15) is 9.59 Å².